The van der Waals surface area contributed by atoms with Gasteiger partial charge < -0.3 is 38.9 Å². The van der Waals surface area contributed by atoms with Crippen molar-refractivity contribution in [3.63, 3.8) is 0 Å². The molecule has 1 fully saturated rings. The molecule has 0 spiro atoms. The number of likely N-dealkylation sites (N-methyl/N-ethyl adjacent to an activating group) is 1. The minimum absolute atomic E-state index is 0. The van der Waals surface area contributed by atoms with Gasteiger partial charge >= 0.3 is 6.09 Å². The molecule has 0 unspecified atom stereocenters. The Kier molecular flexibility index (Phi) is 8.93. The molecule has 0 radical (unpaired) electrons. The van der Waals surface area contributed by atoms with Crippen molar-refractivity contribution in [1.29, 1.82) is 0 Å². The van der Waals surface area contributed by atoms with Crippen LogP contribution in [0.15, 0.2) is 61.7 Å². The number of nitrogens with one attached hydrogen (secondary N) is 2. The molecule has 11 nitrogen and oxygen atoms in total. The fourth-order valence-corrected chi connectivity index (χ4v) is 7.70. The van der Waals surface area contributed by atoms with Gasteiger partial charge in [0.25, 0.3) is 5.91 Å². The number of carbonyl (C=O) groups excluding carboxylic acids is 3. The van der Waals surface area contributed by atoms with E-state index in [0.717, 1.165) is 49.2 Å². The number of methoxy groups -OCH3 is 1. The molecular weight excluding hydrogens is 622 g/mol. The van der Waals surface area contributed by atoms with Crippen LogP contribution < -0.4 is 10.6 Å². The van der Waals surface area contributed by atoms with E-state index >= 15 is 0 Å². The molecule has 0 saturated carbocycles. The number of ether oxygens (including phenoxy) is 3. The largest absolute Gasteiger partial charge is 0.444 e. The van der Waals surface area contributed by atoms with Gasteiger partial charge in [0.1, 0.15) is 24.5 Å². The highest BCUT2D eigenvalue weighted by atomic mass is 16.6. The summed E-state index contributed by atoms with van der Waals surface area (Å²) in [6.07, 6.45) is -1.80. The number of hydrogen-bond donors (Lipinski definition) is 2. The molecule has 3 aromatic carbocycles. The Morgan fingerprint density at radius 3 is 2.24 bits per heavy atom. The molecule has 0 aliphatic carbocycles. The molecule has 262 valence electrons. The molecule has 11 heteroatoms. The summed E-state index contributed by atoms with van der Waals surface area (Å²) in [5.41, 5.74) is 4.89. The SMILES string of the molecule is C=C.CC.CO[C@@H]1[C@H](N(C)C(=O)CNC(=O)OC(C)(C)C)C[C@H]2O[C@@H]1n1c3ccccc3c3c4c(c5c6ccccc6n2c5c31)C(=O)NC4.[HH].[HH]. The van der Waals surface area contributed by atoms with E-state index in [-0.39, 0.29) is 21.2 Å². The molecule has 3 aliphatic rings. The highest BCUT2D eigenvalue weighted by molar-refractivity contribution is 6.30. The maximum Gasteiger partial charge on any atom is 0.408 e. The summed E-state index contributed by atoms with van der Waals surface area (Å²) >= 11 is 0. The zero-order valence-electron chi connectivity index (χ0n) is 29.3. The Morgan fingerprint density at radius 1 is 1.02 bits per heavy atom. The number of nitrogens with zero attached hydrogens (tertiary/aromatic N) is 3. The number of benzene rings is 3. The number of amides is 3. The van der Waals surface area contributed by atoms with Gasteiger partial charge in [0.2, 0.25) is 5.91 Å². The summed E-state index contributed by atoms with van der Waals surface area (Å²) in [5, 5.41) is 9.66. The van der Waals surface area contributed by atoms with Gasteiger partial charge in [-0.05, 0) is 38.5 Å². The van der Waals surface area contributed by atoms with E-state index in [2.05, 4.69) is 57.2 Å². The molecule has 2 N–H and O–H groups in total. The average Bonchev–Trinajstić information content (AvgIpc) is 3.74. The zero-order chi connectivity index (χ0) is 35.4. The van der Waals surface area contributed by atoms with Crippen LogP contribution >= 0.6 is 0 Å². The average molecular weight is 672 g/mol. The first kappa shape index (κ1) is 34.0. The summed E-state index contributed by atoms with van der Waals surface area (Å²) in [4.78, 5) is 41.1. The smallest absolute Gasteiger partial charge is 0.408 e. The number of rotatable bonds is 4. The predicted molar refractivity (Wildman–Crippen MR) is 196 cm³/mol. The Labute approximate surface area is 288 Å². The van der Waals surface area contributed by atoms with Crippen LogP contribution in [-0.2, 0) is 25.5 Å². The standard InChI is InChI=1S/C34H35N5O6.C2H6.C2H4.2H2/c1-34(2,3)45-33(42)36-16-23(40)37(4)22-14-24-38-20-12-8-7-11-18(20)26-27-19(15-35-31(27)41)25-17-10-6-9-13-21(17)39(28(25)29(26)38)32(44-24)30(22)43-5;2*1-2;;/h6-13,22,24,30,32H,14-16H2,1-5H3,(H,35,41)(H,36,42);1-2H3;1-2H2;2*1H/t22-,24-,30-,32+;;;;/m1..../s1. The van der Waals surface area contributed by atoms with Gasteiger partial charge in [-0.15, -0.1) is 13.2 Å². The lowest BCUT2D eigenvalue weighted by molar-refractivity contribution is -0.208. The van der Waals surface area contributed by atoms with Crippen molar-refractivity contribution in [3.05, 3.63) is 72.8 Å². The number of para-hydroxylation sites is 2. The van der Waals surface area contributed by atoms with Crippen LogP contribution in [0.2, 0.25) is 0 Å². The summed E-state index contributed by atoms with van der Waals surface area (Å²) in [6.45, 7) is 15.6. The molecule has 1 saturated heterocycles. The molecule has 5 heterocycles. The van der Waals surface area contributed by atoms with Crippen molar-refractivity contribution in [2.24, 2.45) is 0 Å². The third-order valence-corrected chi connectivity index (χ3v) is 9.44. The summed E-state index contributed by atoms with van der Waals surface area (Å²) in [7, 11) is 3.38. The number of carbonyl (C=O) groups is 3. The Morgan fingerprint density at radius 2 is 1.61 bits per heavy atom. The lowest BCUT2D eigenvalue weighted by atomic mass is 9.97. The summed E-state index contributed by atoms with van der Waals surface area (Å²) in [6, 6.07) is 15.9. The highest BCUT2D eigenvalue weighted by Gasteiger charge is 2.48. The van der Waals surface area contributed by atoms with E-state index < -0.39 is 36.3 Å². The summed E-state index contributed by atoms with van der Waals surface area (Å²) < 4.78 is 23.0. The van der Waals surface area contributed by atoms with E-state index in [4.69, 9.17) is 14.2 Å². The number of aromatic nitrogens is 2. The molecule has 4 atom stereocenters. The van der Waals surface area contributed by atoms with Crippen LogP contribution in [0.25, 0.3) is 43.6 Å². The maximum atomic E-state index is 13.6. The van der Waals surface area contributed by atoms with Gasteiger partial charge in [-0.25, -0.2) is 4.79 Å². The molecule has 2 bridgehead atoms. The van der Waals surface area contributed by atoms with Crippen molar-refractivity contribution in [2.75, 3.05) is 20.7 Å². The Balaban J connectivity index is 0.000000940. The summed E-state index contributed by atoms with van der Waals surface area (Å²) in [5.74, 6) is -0.347. The Bertz CT molecular complexity index is 2120. The maximum absolute atomic E-state index is 13.6. The monoisotopic (exact) mass is 671 g/mol. The molecular formula is C38H49N5O6. The molecule has 8 rings (SSSR count). The first-order chi connectivity index (χ1) is 23.6. The van der Waals surface area contributed by atoms with Gasteiger partial charge in [0.15, 0.2) is 6.23 Å². The second-order valence-corrected chi connectivity index (χ2v) is 13.1. The molecule has 3 amide bonds. The first-order valence-corrected chi connectivity index (χ1v) is 16.8. The van der Waals surface area contributed by atoms with Crippen molar-refractivity contribution in [3.8, 4) is 0 Å². The zero-order valence-corrected chi connectivity index (χ0v) is 29.3. The normalized spacial score (nSPS) is 20.6. The van der Waals surface area contributed by atoms with E-state index in [1.54, 1.807) is 39.8 Å². The quantitative estimate of drug-likeness (QED) is 0.194. The van der Waals surface area contributed by atoms with E-state index in [9.17, 15) is 14.4 Å². The predicted octanol–water partition coefficient (Wildman–Crippen LogP) is 7.26. The number of fused-ring (bicyclic) bond motifs is 13. The number of hydrogen-bond acceptors (Lipinski definition) is 6. The van der Waals surface area contributed by atoms with Gasteiger partial charge in [-0.2, -0.15) is 0 Å². The van der Waals surface area contributed by atoms with Crippen LogP contribution in [0.3, 0.4) is 0 Å². The van der Waals surface area contributed by atoms with Crippen LogP contribution in [-0.4, -0.2) is 70.4 Å². The topological polar surface area (TPSA) is 116 Å². The molecule has 2 aromatic heterocycles. The van der Waals surface area contributed by atoms with Crippen molar-refractivity contribution >= 4 is 61.5 Å². The van der Waals surface area contributed by atoms with E-state index in [1.165, 1.54) is 0 Å². The van der Waals surface area contributed by atoms with Gasteiger partial charge in [0.05, 0.1) is 33.7 Å². The van der Waals surface area contributed by atoms with Gasteiger partial charge in [-0.3, -0.25) is 9.59 Å². The fraction of sp³-hybridized carbons (Fsp3) is 0.395. The van der Waals surface area contributed by atoms with E-state index in [0.29, 0.717) is 18.5 Å². The van der Waals surface area contributed by atoms with Gasteiger partial charge in [-0.1, -0.05) is 50.2 Å². The Hall–Kier alpha value is -4.87. The molecule has 5 aromatic rings. The third kappa shape index (κ3) is 5.23. The molecule has 49 heavy (non-hydrogen) atoms. The second-order valence-electron chi connectivity index (χ2n) is 13.1. The van der Waals surface area contributed by atoms with Crippen molar-refractivity contribution in [1.82, 2.24) is 24.7 Å². The fourth-order valence-electron chi connectivity index (χ4n) is 7.70. The van der Waals surface area contributed by atoms with Crippen molar-refractivity contribution in [2.45, 2.75) is 77.8 Å². The van der Waals surface area contributed by atoms with Crippen LogP contribution in [0.1, 0.15) is 72.3 Å². The van der Waals surface area contributed by atoms with Gasteiger partial charge in [0, 0.05) is 51.5 Å². The number of alkyl carbamates (subject to hydrolysis) is 1. The lowest BCUT2D eigenvalue weighted by Crippen LogP contribution is -2.55. The lowest BCUT2D eigenvalue weighted by Gasteiger charge is -2.44. The van der Waals surface area contributed by atoms with Crippen LogP contribution in [0, 0.1) is 0 Å². The second kappa shape index (κ2) is 12.9. The van der Waals surface area contributed by atoms with Crippen LogP contribution in [0.4, 0.5) is 4.79 Å². The minimum atomic E-state index is -0.678. The van der Waals surface area contributed by atoms with E-state index in [1.807, 2.05) is 38.1 Å². The van der Waals surface area contributed by atoms with Crippen molar-refractivity contribution < 1.29 is 31.4 Å². The minimum Gasteiger partial charge on any atom is -0.444 e. The third-order valence-electron chi connectivity index (χ3n) is 9.44. The first-order valence-electron chi connectivity index (χ1n) is 16.8. The highest BCUT2D eigenvalue weighted by Crippen LogP contribution is 2.52. The van der Waals surface area contributed by atoms with Crippen LogP contribution in [0.5, 0.6) is 0 Å². The molecule has 3 aliphatic heterocycles.